The summed E-state index contributed by atoms with van der Waals surface area (Å²) in [6.07, 6.45) is 1.42. The molecule has 3 aromatic rings. The fourth-order valence-electron chi connectivity index (χ4n) is 3.00. The molecule has 7 nitrogen and oxygen atoms in total. The van der Waals surface area contributed by atoms with Crippen LogP contribution < -0.4 is 0 Å². The molecular formula is C19H11N3O4. The summed E-state index contributed by atoms with van der Waals surface area (Å²) in [6.45, 7) is 0. The van der Waals surface area contributed by atoms with Gasteiger partial charge in [-0.3, -0.25) is 19.7 Å². The second-order valence-electron chi connectivity index (χ2n) is 5.69. The molecule has 1 aliphatic heterocycles. The molecule has 7 heteroatoms. The molecule has 0 radical (unpaired) electrons. The Labute approximate surface area is 147 Å². The van der Waals surface area contributed by atoms with E-state index in [0.717, 1.165) is 10.6 Å². The van der Waals surface area contributed by atoms with Crippen LogP contribution in [-0.4, -0.2) is 28.0 Å². The molecule has 0 unspecified atom stereocenters. The summed E-state index contributed by atoms with van der Waals surface area (Å²) < 4.78 is 0. The first-order valence-corrected chi connectivity index (χ1v) is 7.76. The van der Waals surface area contributed by atoms with Gasteiger partial charge in [-0.05, 0) is 23.8 Å². The number of rotatable bonds is 3. The van der Waals surface area contributed by atoms with Gasteiger partial charge in [0, 0.05) is 11.5 Å². The van der Waals surface area contributed by atoms with E-state index in [4.69, 9.17) is 0 Å². The average molecular weight is 345 g/mol. The first kappa shape index (κ1) is 15.6. The minimum absolute atomic E-state index is 0.146. The zero-order valence-electron chi connectivity index (χ0n) is 13.3. The molecule has 0 aliphatic carbocycles. The van der Waals surface area contributed by atoms with E-state index >= 15 is 0 Å². The summed E-state index contributed by atoms with van der Waals surface area (Å²) in [5.41, 5.74) is 1.02. The van der Waals surface area contributed by atoms with Crippen molar-refractivity contribution in [2.45, 2.75) is 0 Å². The van der Waals surface area contributed by atoms with E-state index in [1.807, 2.05) is 18.2 Å². The quantitative estimate of drug-likeness (QED) is 0.315. The van der Waals surface area contributed by atoms with Gasteiger partial charge >= 0.3 is 0 Å². The summed E-state index contributed by atoms with van der Waals surface area (Å²) in [5, 5.41) is 16.6. The van der Waals surface area contributed by atoms with Crippen LogP contribution in [-0.2, 0) is 0 Å². The molecule has 126 valence electrons. The molecule has 4 rings (SSSR count). The molecule has 0 fully saturated rings. The molecule has 3 aromatic carbocycles. The highest BCUT2D eigenvalue weighted by atomic mass is 16.6. The molecule has 0 spiro atoms. The van der Waals surface area contributed by atoms with E-state index in [1.54, 1.807) is 18.2 Å². The van der Waals surface area contributed by atoms with E-state index in [0.29, 0.717) is 5.39 Å². The van der Waals surface area contributed by atoms with Gasteiger partial charge in [0.1, 0.15) is 0 Å². The van der Waals surface area contributed by atoms with Crippen LogP contribution in [0.2, 0.25) is 0 Å². The van der Waals surface area contributed by atoms with Crippen LogP contribution in [0.25, 0.3) is 10.8 Å². The van der Waals surface area contributed by atoms with Crippen molar-refractivity contribution in [2.75, 3.05) is 0 Å². The van der Waals surface area contributed by atoms with E-state index in [2.05, 4.69) is 5.10 Å². The van der Waals surface area contributed by atoms with Gasteiger partial charge in [-0.1, -0.05) is 36.4 Å². The Balaban J connectivity index is 1.86. The van der Waals surface area contributed by atoms with Crippen LogP contribution in [0.5, 0.6) is 0 Å². The summed E-state index contributed by atoms with van der Waals surface area (Å²) in [4.78, 5) is 36.2. The third kappa shape index (κ3) is 2.34. The van der Waals surface area contributed by atoms with Crippen LogP contribution in [0, 0.1) is 10.1 Å². The Morgan fingerprint density at radius 1 is 0.885 bits per heavy atom. The lowest BCUT2D eigenvalue weighted by molar-refractivity contribution is -0.383. The zero-order valence-corrected chi connectivity index (χ0v) is 13.3. The van der Waals surface area contributed by atoms with Crippen LogP contribution >= 0.6 is 0 Å². The first-order valence-electron chi connectivity index (χ1n) is 7.76. The molecule has 1 aliphatic rings. The van der Waals surface area contributed by atoms with E-state index in [-0.39, 0.29) is 22.2 Å². The predicted octanol–water partition coefficient (Wildman–Crippen LogP) is 3.38. The summed E-state index contributed by atoms with van der Waals surface area (Å²) in [5.74, 6) is -1.22. The molecule has 0 bridgehead atoms. The van der Waals surface area contributed by atoms with E-state index in [1.165, 1.54) is 30.5 Å². The monoisotopic (exact) mass is 345 g/mol. The minimum atomic E-state index is -0.610. The first-order chi connectivity index (χ1) is 12.6. The fraction of sp³-hybridized carbons (Fsp3) is 0. The third-order valence-electron chi connectivity index (χ3n) is 4.18. The average Bonchev–Trinajstić information content (AvgIpc) is 2.66. The van der Waals surface area contributed by atoms with Gasteiger partial charge in [-0.15, -0.1) is 0 Å². The van der Waals surface area contributed by atoms with Gasteiger partial charge < -0.3 is 0 Å². The highest BCUT2D eigenvalue weighted by molar-refractivity contribution is 6.26. The minimum Gasteiger partial charge on any atom is -0.267 e. The topological polar surface area (TPSA) is 92.9 Å². The van der Waals surface area contributed by atoms with Gasteiger partial charge in [0.2, 0.25) is 0 Å². The highest BCUT2D eigenvalue weighted by Crippen LogP contribution is 2.35. The second-order valence-corrected chi connectivity index (χ2v) is 5.69. The number of imide groups is 1. The number of hydrogen-bond acceptors (Lipinski definition) is 5. The molecule has 2 amide bonds. The highest BCUT2D eigenvalue weighted by Gasteiger charge is 2.34. The summed E-state index contributed by atoms with van der Waals surface area (Å²) in [7, 11) is 0. The molecule has 0 aromatic heterocycles. The zero-order chi connectivity index (χ0) is 18.3. The van der Waals surface area contributed by atoms with Crippen molar-refractivity contribution < 1.29 is 14.5 Å². The number of benzene rings is 3. The SMILES string of the molecule is O=C1c2cccc3c([N+](=O)[O-])ccc(c23)C(=O)N1N=Cc1ccccc1. The molecule has 0 saturated heterocycles. The van der Waals surface area contributed by atoms with Crippen molar-refractivity contribution in [3.63, 3.8) is 0 Å². The maximum absolute atomic E-state index is 12.7. The maximum Gasteiger partial charge on any atom is 0.282 e. The van der Waals surface area contributed by atoms with Crippen molar-refractivity contribution in [2.24, 2.45) is 5.10 Å². The lowest BCUT2D eigenvalue weighted by Gasteiger charge is -2.22. The maximum atomic E-state index is 12.7. The molecule has 0 atom stereocenters. The lowest BCUT2D eigenvalue weighted by Crippen LogP contribution is -2.36. The number of carbonyl (C=O) groups is 2. The van der Waals surface area contributed by atoms with Gasteiger partial charge in [-0.2, -0.15) is 10.1 Å². The van der Waals surface area contributed by atoms with Crippen molar-refractivity contribution in [1.29, 1.82) is 0 Å². The summed E-state index contributed by atoms with van der Waals surface area (Å²) in [6, 6.07) is 16.3. The number of non-ortho nitro benzene ring substituents is 1. The number of amides is 2. The second kappa shape index (κ2) is 5.89. The Morgan fingerprint density at radius 3 is 2.27 bits per heavy atom. The number of carbonyl (C=O) groups excluding carboxylic acids is 2. The normalized spacial score (nSPS) is 13.6. The third-order valence-corrected chi connectivity index (χ3v) is 4.18. The lowest BCUT2D eigenvalue weighted by atomic mass is 9.94. The molecule has 26 heavy (non-hydrogen) atoms. The van der Waals surface area contributed by atoms with Gasteiger partial charge in [0.05, 0.1) is 27.7 Å². The Bertz CT molecular complexity index is 1080. The van der Waals surface area contributed by atoms with Crippen molar-refractivity contribution >= 4 is 34.5 Å². The molecule has 0 saturated carbocycles. The Morgan fingerprint density at radius 2 is 1.58 bits per heavy atom. The van der Waals surface area contributed by atoms with E-state index < -0.39 is 16.7 Å². The molecule has 0 N–H and O–H groups in total. The van der Waals surface area contributed by atoms with Crippen molar-refractivity contribution in [3.05, 3.63) is 87.5 Å². The molecule has 1 heterocycles. The largest absolute Gasteiger partial charge is 0.282 e. The van der Waals surface area contributed by atoms with Gasteiger partial charge in [0.15, 0.2) is 0 Å². The number of nitro benzene ring substituents is 1. The Kier molecular flexibility index (Phi) is 3.54. The predicted molar refractivity (Wildman–Crippen MR) is 95.1 cm³/mol. The van der Waals surface area contributed by atoms with Crippen molar-refractivity contribution in [1.82, 2.24) is 5.01 Å². The van der Waals surface area contributed by atoms with Crippen LogP contribution in [0.15, 0.2) is 65.8 Å². The van der Waals surface area contributed by atoms with Crippen LogP contribution in [0.1, 0.15) is 26.3 Å². The smallest absolute Gasteiger partial charge is 0.267 e. The van der Waals surface area contributed by atoms with Crippen LogP contribution in [0.3, 0.4) is 0 Å². The number of hydrogen-bond donors (Lipinski definition) is 0. The van der Waals surface area contributed by atoms with Crippen LogP contribution in [0.4, 0.5) is 5.69 Å². The fourth-order valence-corrected chi connectivity index (χ4v) is 3.00. The van der Waals surface area contributed by atoms with Gasteiger partial charge in [-0.25, -0.2) is 0 Å². The molecular weight excluding hydrogens is 334 g/mol. The van der Waals surface area contributed by atoms with E-state index in [9.17, 15) is 19.7 Å². The number of nitro groups is 1. The standard InChI is InChI=1S/C19H11N3O4/c23-18-14-8-4-7-13-16(22(25)26)10-9-15(17(13)14)19(24)21(18)20-11-12-5-2-1-3-6-12/h1-11H. The Hall–Kier alpha value is -3.87. The van der Waals surface area contributed by atoms with Gasteiger partial charge in [0.25, 0.3) is 17.5 Å². The summed E-state index contributed by atoms with van der Waals surface area (Å²) >= 11 is 0. The number of hydrazone groups is 1. The number of nitrogens with zero attached hydrogens (tertiary/aromatic N) is 3. The van der Waals surface area contributed by atoms with Crippen molar-refractivity contribution in [3.8, 4) is 0 Å².